The van der Waals surface area contributed by atoms with Gasteiger partial charge in [-0.25, -0.2) is 4.79 Å². The average Bonchev–Trinajstić information content (AvgIpc) is 2.64. The highest BCUT2D eigenvalue weighted by molar-refractivity contribution is 6.01. The van der Waals surface area contributed by atoms with Crippen LogP contribution in [0.5, 0.6) is 5.75 Å². The first-order chi connectivity index (χ1) is 14.0. The second-order valence-corrected chi connectivity index (χ2v) is 8.59. The van der Waals surface area contributed by atoms with E-state index in [0.717, 1.165) is 0 Å². The second-order valence-electron chi connectivity index (χ2n) is 8.59. The summed E-state index contributed by atoms with van der Waals surface area (Å²) in [6.07, 6.45) is -0.192. The number of nitrogens with zero attached hydrogens (tertiary/aromatic N) is 1. The van der Waals surface area contributed by atoms with Crippen LogP contribution in [0, 0.1) is 11.8 Å². The van der Waals surface area contributed by atoms with Gasteiger partial charge in [-0.15, -0.1) is 0 Å². The molecule has 2 amide bonds. The summed E-state index contributed by atoms with van der Waals surface area (Å²) in [5.41, 5.74) is 0.722. The lowest BCUT2D eigenvalue weighted by atomic mass is 10.1. The van der Waals surface area contributed by atoms with Crippen molar-refractivity contribution >= 4 is 17.8 Å². The van der Waals surface area contributed by atoms with Crippen molar-refractivity contribution in [2.45, 2.75) is 60.6 Å². The molecular weight excluding hydrogens is 384 g/mol. The van der Waals surface area contributed by atoms with Crippen molar-refractivity contribution in [3.8, 4) is 5.75 Å². The SMILES string of the molecule is COC(=O)[C@H](C)NC(=O)c1ccc(C(=O)N(CC(C)C)CC(C)C)cc1OC(C)C. The number of hydrogen-bond acceptors (Lipinski definition) is 5. The van der Waals surface area contributed by atoms with E-state index in [-0.39, 0.29) is 17.6 Å². The number of carbonyl (C=O) groups excluding carboxylic acids is 3. The largest absolute Gasteiger partial charge is 0.490 e. The number of benzene rings is 1. The molecule has 0 bridgehead atoms. The zero-order valence-electron chi connectivity index (χ0n) is 19.4. The first-order valence-electron chi connectivity index (χ1n) is 10.4. The molecule has 1 atom stereocenters. The van der Waals surface area contributed by atoms with Crippen LogP contribution >= 0.6 is 0 Å². The van der Waals surface area contributed by atoms with Crippen molar-refractivity contribution in [3.05, 3.63) is 29.3 Å². The number of rotatable bonds is 10. The minimum atomic E-state index is -0.803. The molecule has 0 aromatic heterocycles. The van der Waals surface area contributed by atoms with Crippen LogP contribution in [0.1, 0.15) is 69.2 Å². The molecule has 0 aliphatic carbocycles. The molecule has 1 rings (SSSR count). The average molecular weight is 421 g/mol. The van der Waals surface area contributed by atoms with Crippen molar-refractivity contribution in [1.82, 2.24) is 10.2 Å². The summed E-state index contributed by atoms with van der Waals surface area (Å²) in [4.78, 5) is 39.3. The maximum atomic E-state index is 13.1. The van der Waals surface area contributed by atoms with Crippen molar-refractivity contribution in [3.63, 3.8) is 0 Å². The maximum Gasteiger partial charge on any atom is 0.328 e. The summed E-state index contributed by atoms with van der Waals surface area (Å²) in [5, 5.41) is 2.60. The van der Waals surface area contributed by atoms with Gasteiger partial charge in [0.05, 0.1) is 18.8 Å². The van der Waals surface area contributed by atoms with Gasteiger partial charge in [0, 0.05) is 18.7 Å². The number of methoxy groups -OCH3 is 1. The van der Waals surface area contributed by atoms with Gasteiger partial charge in [-0.2, -0.15) is 0 Å². The lowest BCUT2D eigenvalue weighted by molar-refractivity contribution is -0.142. The Morgan fingerprint density at radius 1 is 0.967 bits per heavy atom. The summed E-state index contributed by atoms with van der Waals surface area (Å²) in [6.45, 7) is 14.8. The van der Waals surface area contributed by atoms with E-state index in [2.05, 4.69) is 37.7 Å². The van der Waals surface area contributed by atoms with Crippen LogP contribution in [-0.4, -0.2) is 55.0 Å². The second kappa shape index (κ2) is 11.6. The highest BCUT2D eigenvalue weighted by atomic mass is 16.5. The Morgan fingerprint density at radius 2 is 1.53 bits per heavy atom. The van der Waals surface area contributed by atoms with Gasteiger partial charge in [0.25, 0.3) is 11.8 Å². The molecule has 0 saturated heterocycles. The smallest absolute Gasteiger partial charge is 0.328 e. The first-order valence-corrected chi connectivity index (χ1v) is 10.4. The summed E-state index contributed by atoms with van der Waals surface area (Å²) >= 11 is 0. The lowest BCUT2D eigenvalue weighted by Gasteiger charge is -2.27. The third-order valence-corrected chi connectivity index (χ3v) is 4.20. The normalized spacial score (nSPS) is 12.1. The van der Waals surface area contributed by atoms with Gasteiger partial charge in [0.2, 0.25) is 0 Å². The molecule has 0 radical (unpaired) electrons. The maximum absolute atomic E-state index is 13.1. The van der Waals surface area contributed by atoms with Crippen LogP contribution < -0.4 is 10.1 Å². The van der Waals surface area contributed by atoms with Crippen molar-refractivity contribution in [1.29, 1.82) is 0 Å². The molecule has 1 aromatic carbocycles. The first kappa shape index (κ1) is 25.5. The van der Waals surface area contributed by atoms with E-state index in [1.54, 1.807) is 25.1 Å². The molecule has 168 valence electrons. The Bertz CT molecular complexity index is 733. The number of amides is 2. The van der Waals surface area contributed by atoms with E-state index in [9.17, 15) is 14.4 Å². The van der Waals surface area contributed by atoms with E-state index in [1.807, 2.05) is 18.7 Å². The Balaban J connectivity index is 3.23. The van der Waals surface area contributed by atoms with Gasteiger partial charge in [-0.3, -0.25) is 9.59 Å². The molecule has 7 nitrogen and oxygen atoms in total. The highest BCUT2D eigenvalue weighted by Gasteiger charge is 2.23. The molecule has 0 aliphatic rings. The fourth-order valence-corrected chi connectivity index (χ4v) is 3.01. The molecule has 1 N–H and O–H groups in total. The van der Waals surface area contributed by atoms with Crippen molar-refractivity contribution < 1.29 is 23.9 Å². The minimum Gasteiger partial charge on any atom is -0.490 e. The van der Waals surface area contributed by atoms with E-state index in [0.29, 0.717) is 36.2 Å². The molecule has 0 saturated carbocycles. The molecule has 0 unspecified atom stereocenters. The fraction of sp³-hybridized carbons (Fsp3) is 0.609. The van der Waals surface area contributed by atoms with Crippen LogP contribution in [0.15, 0.2) is 18.2 Å². The molecule has 0 fully saturated rings. The van der Waals surface area contributed by atoms with Crippen LogP contribution in [0.4, 0.5) is 0 Å². The van der Waals surface area contributed by atoms with Gasteiger partial charge >= 0.3 is 5.97 Å². The number of esters is 1. The van der Waals surface area contributed by atoms with Gasteiger partial charge in [-0.1, -0.05) is 27.7 Å². The third-order valence-electron chi connectivity index (χ3n) is 4.20. The quantitative estimate of drug-likeness (QED) is 0.586. The van der Waals surface area contributed by atoms with Crippen LogP contribution in [-0.2, 0) is 9.53 Å². The fourth-order valence-electron chi connectivity index (χ4n) is 3.01. The predicted molar refractivity (Wildman–Crippen MR) is 117 cm³/mol. The van der Waals surface area contributed by atoms with E-state index < -0.39 is 17.9 Å². The van der Waals surface area contributed by atoms with Crippen LogP contribution in [0.2, 0.25) is 0 Å². The minimum absolute atomic E-state index is 0.0964. The summed E-state index contributed by atoms with van der Waals surface area (Å²) < 4.78 is 10.5. The Morgan fingerprint density at radius 3 is 2.00 bits per heavy atom. The number of carbonyl (C=O) groups is 3. The summed E-state index contributed by atoms with van der Waals surface area (Å²) in [7, 11) is 1.26. The molecule has 30 heavy (non-hydrogen) atoms. The molecule has 7 heteroatoms. The number of nitrogens with one attached hydrogen (secondary N) is 1. The zero-order valence-corrected chi connectivity index (χ0v) is 19.4. The van der Waals surface area contributed by atoms with Gasteiger partial charge in [-0.05, 0) is 50.8 Å². The number of hydrogen-bond donors (Lipinski definition) is 1. The Kier molecular flexibility index (Phi) is 9.82. The Labute approximate surface area is 180 Å². The zero-order chi connectivity index (χ0) is 23.0. The van der Waals surface area contributed by atoms with E-state index in [4.69, 9.17) is 4.74 Å². The monoisotopic (exact) mass is 420 g/mol. The lowest BCUT2D eigenvalue weighted by Crippen LogP contribution is -2.39. The van der Waals surface area contributed by atoms with Crippen molar-refractivity contribution in [2.75, 3.05) is 20.2 Å². The molecule has 0 aliphatic heterocycles. The van der Waals surface area contributed by atoms with Crippen LogP contribution in [0.25, 0.3) is 0 Å². The number of ether oxygens (including phenoxy) is 2. The predicted octanol–water partition coefficient (Wildman–Crippen LogP) is 3.52. The standard InChI is InChI=1S/C23H36N2O5/c1-14(2)12-25(13-15(3)4)22(27)18-9-10-19(20(11-18)30-16(5)6)21(26)24-17(7)23(28)29-8/h9-11,14-17H,12-13H2,1-8H3,(H,24,26)/t17-/m0/s1. The Hall–Kier alpha value is -2.57. The molecule has 1 aromatic rings. The topological polar surface area (TPSA) is 84.9 Å². The summed E-state index contributed by atoms with van der Waals surface area (Å²) in [5.74, 6) is -0.128. The molecule has 0 heterocycles. The molecule has 0 spiro atoms. The van der Waals surface area contributed by atoms with Gasteiger partial charge < -0.3 is 19.7 Å². The van der Waals surface area contributed by atoms with E-state index in [1.165, 1.54) is 7.11 Å². The summed E-state index contributed by atoms with van der Waals surface area (Å²) in [6, 6.07) is 3.99. The van der Waals surface area contributed by atoms with Crippen molar-refractivity contribution in [2.24, 2.45) is 11.8 Å². The molecular formula is C23H36N2O5. The highest BCUT2D eigenvalue weighted by Crippen LogP contribution is 2.24. The van der Waals surface area contributed by atoms with Crippen LogP contribution in [0.3, 0.4) is 0 Å². The van der Waals surface area contributed by atoms with Gasteiger partial charge in [0.1, 0.15) is 11.8 Å². The van der Waals surface area contributed by atoms with E-state index >= 15 is 0 Å². The third kappa shape index (κ3) is 7.69. The van der Waals surface area contributed by atoms with Gasteiger partial charge in [0.15, 0.2) is 0 Å².